The second-order valence-electron chi connectivity index (χ2n) is 4.71. The van der Waals surface area contributed by atoms with E-state index in [2.05, 4.69) is 0 Å². The van der Waals surface area contributed by atoms with E-state index in [0.717, 1.165) is 5.69 Å². The highest BCUT2D eigenvalue weighted by Crippen LogP contribution is 2.19. The Bertz CT molecular complexity index is 630. The van der Waals surface area contributed by atoms with Crippen molar-refractivity contribution in [3.8, 4) is 0 Å². The molecule has 0 aliphatic carbocycles. The summed E-state index contributed by atoms with van der Waals surface area (Å²) in [5, 5.41) is 0.469. The minimum atomic E-state index is -0.275. The molecule has 0 N–H and O–H groups in total. The summed E-state index contributed by atoms with van der Waals surface area (Å²) >= 11 is 6.02. The molecule has 110 valence electrons. The molecule has 2 rings (SSSR count). The topological polar surface area (TPSA) is 20.3 Å². The van der Waals surface area contributed by atoms with Crippen LogP contribution in [-0.4, -0.2) is 18.9 Å². The fourth-order valence-electron chi connectivity index (χ4n) is 2.20. The molecule has 2 aromatic rings. The molecule has 0 aromatic heterocycles. The lowest BCUT2D eigenvalue weighted by Gasteiger charge is -2.22. The van der Waals surface area contributed by atoms with Crippen molar-refractivity contribution in [3.05, 3.63) is 64.9 Å². The molecule has 0 radical (unpaired) electrons. The maximum Gasteiger partial charge on any atom is 0.166 e. The van der Waals surface area contributed by atoms with Crippen LogP contribution in [0.1, 0.15) is 23.7 Å². The number of hydrogen-bond donors (Lipinski definition) is 0. The third-order valence-corrected chi connectivity index (χ3v) is 3.67. The lowest BCUT2D eigenvalue weighted by Crippen LogP contribution is -2.25. The van der Waals surface area contributed by atoms with Crippen molar-refractivity contribution in [2.45, 2.75) is 13.3 Å². The molecule has 0 spiro atoms. The second kappa shape index (κ2) is 7.23. The minimum absolute atomic E-state index is 0.00421. The largest absolute Gasteiger partial charge is 0.371 e. The highest BCUT2D eigenvalue weighted by atomic mass is 35.5. The van der Waals surface area contributed by atoms with Crippen molar-refractivity contribution in [3.63, 3.8) is 0 Å². The van der Waals surface area contributed by atoms with Gasteiger partial charge in [-0.1, -0.05) is 29.8 Å². The van der Waals surface area contributed by atoms with Crippen LogP contribution in [0.25, 0.3) is 0 Å². The van der Waals surface area contributed by atoms with Gasteiger partial charge in [0.1, 0.15) is 5.82 Å². The summed E-state index contributed by atoms with van der Waals surface area (Å²) in [7, 11) is 0. The minimum Gasteiger partial charge on any atom is -0.371 e. The Morgan fingerprint density at radius 3 is 2.62 bits per heavy atom. The molecule has 0 saturated heterocycles. The van der Waals surface area contributed by atoms with E-state index in [1.807, 2.05) is 17.9 Å². The number of Topliss-reactive ketones (excluding diaryl/α,β-unsaturated/α-hetero) is 1. The van der Waals surface area contributed by atoms with Gasteiger partial charge in [0.05, 0.1) is 5.02 Å². The van der Waals surface area contributed by atoms with Crippen LogP contribution in [-0.2, 0) is 0 Å². The highest BCUT2D eigenvalue weighted by molar-refractivity contribution is 6.33. The molecular weight excluding hydrogens is 289 g/mol. The van der Waals surface area contributed by atoms with Gasteiger partial charge in [-0.25, -0.2) is 4.39 Å². The van der Waals surface area contributed by atoms with E-state index < -0.39 is 0 Å². The van der Waals surface area contributed by atoms with Crippen molar-refractivity contribution in [1.29, 1.82) is 0 Å². The van der Waals surface area contributed by atoms with Gasteiger partial charge in [0, 0.05) is 30.8 Å². The van der Waals surface area contributed by atoms with Crippen molar-refractivity contribution in [2.75, 3.05) is 18.0 Å². The quantitative estimate of drug-likeness (QED) is 0.728. The van der Waals surface area contributed by atoms with Crippen LogP contribution in [0.4, 0.5) is 10.1 Å². The first-order chi connectivity index (χ1) is 10.1. The number of benzene rings is 2. The zero-order valence-corrected chi connectivity index (χ0v) is 12.6. The number of carbonyl (C=O) groups is 1. The predicted molar refractivity (Wildman–Crippen MR) is 84.7 cm³/mol. The number of hydrogen-bond acceptors (Lipinski definition) is 2. The molecule has 0 fully saturated rings. The van der Waals surface area contributed by atoms with Crippen LogP contribution in [0.5, 0.6) is 0 Å². The van der Waals surface area contributed by atoms with E-state index in [-0.39, 0.29) is 11.6 Å². The molecule has 21 heavy (non-hydrogen) atoms. The Morgan fingerprint density at radius 1 is 1.19 bits per heavy atom. The maximum absolute atomic E-state index is 13.3. The van der Waals surface area contributed by atoms with Crippen LogP contribution >= 0.6 is 11.6 Å². The summed E-state index contributed by atoms with van der Waals surface area (Å²) in [6, 6.07) is 13.4. The summed E-state index contributed by atoms with van der Waals surface area (Å²) < 4.78 is 13.3. The van der Waals surface area contributed by atoms with Crippen LogP contribution in [0.15, 0.2) is 48.5 Å². The Kier molecular flexibility index (Phi) is 5.34. The fraction of sp³-hybridized carbons (Fsp3) is 0.235. The average molecular weight is 306 g/mol. The van der Waals surface area contributed by atoms with Gasteiger partial charge < -0.3 is 4.90 Å². The highest BCUT2D eigenvalue weighted by Gasteiger charge is 2.12. The number of ketones is 1. The van der Waals surface area contributed by atoms with Gasteiger partial charge in [-0.15, -0.1) is 0 Å². The lowest BCUT2D eigenvalue weighted by molar-refractivity contribution is 0.0985. The molecule has 0 amide bonds. The Hall–Kier alpha value is -1.87. The van der Waals surface area contributed by atoms with Gasteiger partial charge in [-0.2, -0.15) is 0 Å². The van der Waals surface area contributed by atoms with Gasteiger partial charge in [0.2, 0.25) is 0 Å². The zero-order chi connectivity index (χ0) is 15.2. The summed E-state index contributed by atoms with van der Waals surface area (Å²) in [5.74, 6) is -0.279. The monoisotopic (exact) mass is 305 g/mol. The van der Waals surface area contributed by atoms with E-state index in [1.54, 1.807) is 30.3 Å². The lowest BCUT2D eigenvalue weighted by atomic mass is 10.1. The Morgan fingerprint density at radius 2 is 1.95 bits per heavy atom. The van der Waals surface area contributed by atoms with E-state index in [9.17, 15) is 9.18 Å². The molecule has 0 bridgehead atoms. The molecule has 2 nitrogen and oxygen atoms in total. The van der Waals surface area contributed by atoms with Gasteiger partial charge >= 0.3 is 0 Å². The molecule has 4 heteroatoms. The standard InChI is InChI=1S/C17H17ClFNO/c1-2-20(14-7-5-6-13(19)12-14)11-10-17(21)15-8-3-4-9-16(15)18/h3-9,12H,2,10-11H2,1H3. The maximum atomic E-state index is 13.3. The van der Waals surface area contributed by atoms with Crippen LogP contribution < -0.4 is 4.90 Å². The smallest absolute Gasteiger partial charge is 0.166 e. The van der Waals surface area contributed by atoms with Gasteiger partial charge in [0.25, 0.3) is 0 Å². The SMILES string of the molecule is CCN(CCC(=O)c1ccccc1Cl)c1cccc(F)c1. The van der Waals surface area contributed by atoms with Crippen molar-refractivity contribution >= 4 is 23.1 Å². The predicted octanol–water partition coefficient (Wildman–Crippen LogP) is 4.58. The molecule has 0 heterocycles. The summed E-state index contributed by atoms with van der Waals surface area (Å²) in [6.07, 6.45) is 0.341. The molecule has 0 aliphatic heterocycles. The normalized spacial score (nSPS) is 10.4. The number of rotatable bonds is 6. The number of nitrogens with zero attached hydrogens (tertiary/aromatic N) is 1. The zero-order valence-electron chi connectivity index (χ0n) is 11.9. The third kappa shape index (κ3) is 4.05. The van der Waals surface area contributed by atoms with Crippen molar-refractivity contribution in [1.82, 2.24) is 0 Å². The first kappa shape index (κ1) is 15.5. The van der Waals surface area contributed by atoms with Crippen LogP contribution in [0, 0.1) is 5.82 Å². The average Bonchev–Trinajstić information content (AvgIpc) is 2.48. The number of carbonyl (C=O) groups excluding carboxylic acids is 1. The number of halogens is 2. The second-order valence-corrected chi connectivity index (χ2v) is 5.12. The van der Waals surface area contributed by atoms with Gasteiger partial charge in [-0.3, -0.25) is 4.79 Å². The molecule has 0 unspecified atom stereocenters. The molecule has 2 aromatic carbocycles. The Balaban J connectivity index is 2.04. The molecule has 0 saturated carbocycles. The van der Waals surface area contributed by atoms with E-state index in [0.29, 0.717) is 30.1 Å². The summed E-state index contributed by atoms with van der Waals surface area (Å²) in [6.45, 7) is 3.22. The van der Waals surface area contributed by atoms with Crippen LogP contribution in [0.2, 0.25) is 5.02 Å². The molecular formula is C17H17ClFNO. The van der Waals surface area contributed by atoms with E-state index >= 15 is 0 Å². The van der Waals surface area contributed by atoms with Crippen molar-refractivity contribution in [2.24, 2.45) is 0 Å². The number of anilines is 1. The van der Waals surface area contributed by atoms with Gasteiger partial charge in [0.15, 0.2) is 5.78 Å². The van der Waals surface area contributed by atoms with Crippen LogP contribution in [0.3, 0.4) is 0 Å². The van der Waals surface area contributed by atoms with E-state index in [1.165, 1.54) is 12.1 Å². The third-order valence-electron chi connectivity index (χ3n) is 3.34. The summed E-state index contributed by atoms with van der Waals surface area (Å²) in [4.78, 5) is 14.2. The Labute approximate surface area is 129 Å². The van der Waals surface area contributed by atoms with Crippen molar-refractivity contribution < 1.29 is 9.18 Å². The first-order valence-corrected chi connectivity index (χ1v) is 7.28. The first-order valence-electron chi connectivity index (χ1n) is 6.90. The fourth-order valence-corrected chi connectivity index (χ4v) is 2.44. The molecule has 0 aliphatic rings. The molecule has 0 atom stereocenters. The summed E-state index contributed by atoms with van der Waals surface area (Å²) in [5.41, 5.74) is 1.32. The van der Waals surface area contributed by atoms with E-state index in [4.69, 9.17) is 11.6 Å². The van der Waals surface area contributed by atoms with Gasteiger partial charge in [-0.05, 0) is 37.3 Å².